The first-order valence-electron chi connectivity index (χ1n) is 22.0. The topological polar surface area (TPSA) is 255 Å². The number of nitrogens with two attached hydrogens (primary N) is 4. The maximum absolute atomic E-state index is 14.7. The summed E-state index contributed by atoms with van der Waals surface area (Å²) in [5, 5.41) is 15.0. The summed E-state index contributed by atoms with van der Waals surface area (Å²) < 4.78 is 72.8. The van der Waals surface area contributed by atoms with Gasteiger partial charge >= 0.3 is 6.09 Å². The van der Waals surface area contributed by atoms with E-state index in [0.29, 0.717) is 27.8 Å². The number of guanidine groups is 1. The first-order chi connectivity index (χ1) is 29.7. The average Bonchev–Trinajstić information content (AvgIpc) is 3.20. The van der Waals surface area contributed by atoms with E-state index in [-0.39, 0.29) is 50.5 Å². The number of aromatic hydroxyl groups is 1. The second-order valence-electron chi connectivity index (χ2n) is 13.3. The Morgan fingerprint density at radius 2 is 1.39 bits per heavy atom. The lowest BCUT2D eigenvalue weighted by Crippen LogP contribution is -2.47. The quantitative estimate of drug-likeness (QED) is 0.0396. The monoisotopic (exact) mass is 779 g/mol. The van der Waals surface area contributed by atoms with Crippen molar-refractivity contribution in [2.45, 2.75) is 90.2 Å². The maximum atomic E-state index is 14.7. The van der Waals surface area contributed by atoms with Crippen LogP contribution >= 0.6 is 0 Å². The van der Waals surface area contributed by atoms with Gasteiger partial charge < -0.3 is 43.4 Å². The van der Waals surface area contributed by atoms with Gasteiger partial charge in [-0.15, -0.1) is 0 Å². The van der Waals surface area contributed by atoms with Gasteiger partial charge in [0.2, 0.25) is 11.8 Å². The second kappa shape index (κ2) is 23.2. The Balaban J connectivity index is 2.12. The Hall–Kier alpha value is -5.76. The molecule has 0 aromatic heterocycles. The number of carbonyl (C=O) groups excluding carboxylic acids is 5. The molecule has 0 aliphatic heterocycles. The lowest BCUT2D eigenvalue weighted by molar-refractivity contribution is -0.134. The average molecular weight is 780 g/mol. The number of rotatable bonds is 24. The molecule has 0 aliphatic carbocycles. The minimum Gasteiger partial charge on any atom is -0.508 e. The third-order valence-electron chi connectivity index (χ3n) is 8.92. The van der Waals surface area contributed by atoms with Crippen molar-refractivity contribution in [2.24, 2.45) is 39.8 Å². The highest BCUT2D eigenvalue weighted by Gasteiger charge is 2.32. The van der Waals surface area contributed by atoms with Gasteiger partial charge in [0.05, 0.1) is 12.1 Å². The van der Waals surface area contributed by atoms with Crippen LogP contribution in [0.4, 0.5) is 4.79 Å². The molecule has 302 valence electrons. The van der Waals surface area contributed by atoms with E-state index in [1.807, 2.05) is 0 Å². The number of phenols is 1. The molecular weight excluding hydrogens is 715 g/mol. The molecule has 4 atom stereocenters. The van der Waals surface area contributed by atoms with Gasteiger partial charge in [0.25, 0.3) is 0 Å². The molecule has 0 spiro atoms. The summed E-state index contributed by atoms with van der Waals surface area (Å²) in [6.07, 6.45) is -14.5. The van der Waals surface area contributed by atoms with Crippen LogP contribution < -0.4 is 33.6 Å². The summed E-state index contributed by atoms with van der Waals surface area (Å²) in [4.78, 5) is 72.9. The van der Waals surface area contributed by atoms with E-state index in [2.05, 4.69) is 15.6 Å². The first kappa shape index (κ1) is 33.6. The number of aryl methyl sites for hydroxylation is 2. The largest absolute Gasteiger partial charge is 0.508 e. The predicted molar refractivity (Wildman–Crippen MR) is 215 cm³/mol. The zero-order valence-corrected chi connectivity index (χ0v) is 31.5. The molecule has 0 saturated carbocycles. The van der Waals surface area contributed by atoms with Crippen molar-refractivity contribution < 1.29 is 44.8 Å². The number of primary amides is 1. The van der Waals surface area contributed by atoms with Crippen molar-refractivity contribution in [3.05, 3.63) is 101 Å². The molecule has 0 heterocycles. The van der Waals surface area contributed by atoms with Crippen molar-refractivity contribution in [3.63, 3.8) is 0 Å². The Morgan fingerprint density at radius 3 is 1.98 bits per heavy atom. The number of carbonyl (C=O) groups is 5. The van der Waals surface area contributed by atoms with E-state index in [1.54, 1.807) is 74.5 Å². The molecule has 14 heteroatoms. The number of nitrogens with zero attached hydrogens (tertiary/aromatic N) is 1. The lowest BCUT2D eigenvalue weighted by atomic mass is 9.86. The Morgan fingerprint density at radius 1 is 0.804 bits per heavy atom. The van der Waals surface area contributed by atoms with Crippen molar-refractivity contribution in [1.29, 1.82) is 0 Å². The van der Waals surface area contributed by atoms with Crippen LogP contribution in [-0.4, -0.2) is 65.7 Å². The maximum Gasteiger partial charge on any atom is 0.408 e. The van der Waals surface area contributed by atoms with E-state index in [1.165, 1.54) is 12.1 Å². The second-order valence-corrected chi connectivity index (χ2v) is 13.3. The van der Waals surface area contributed by atoms with Crippen molar-refractivity contribution in [3.8, 4) is 5.75 Å². The van der Waals surface area contributed by atoms with Crippen LogP contribution in [0.1, 0.15) is 83.6 Å². The molecule has 0 unspecified atom stereocenters. The van der Waals surface area contributed by atoms with Crippen molar-refractivity contribution in [2.75, 3.05) is 13.0 Å². The van der Waals surface area contributed by atoms with Gasteiger partial charge in [-0.1, -0.05) is 60.7 Å². The van der Waals surface area contributed by atoms with E-state index in [0.717, 1.165) is 0 Å². The van der Waals surface area contributed by atoms with Gasteiger partial charge in [0, 0.05) is 42.2 Å². The molecule has 11 N–H and O–H groups in total. The van der Waals surface area contributed by atoms with Gasteiger partial charge in [-0.2, -0.15) is 0 Å². The number of aliphatic imine (C=N–C) groups is 1. The number of alkyl carbamates (subject to hydrolysis) is 1. The molecule has 14 nitrogen and oxygen atoms in total. The van der Waals surface area contributed by atoms with Crippen LogP contribution in [0.15, 0.2) is 77.8 Å². The molecule has 0 radical (unpaired) electrons. The van der Waals surface area contributed by atoms with E-state index in [4.69, 9.17) is 38.6 Å². The molecular formula is C42H57N7O7. The highest BCUT2D eigenvalue weighted by Crippen LogP contribution is 2.26. The van der Waals surface area contributed by atoms with Gasteiger partial charge in [0.15, 0.2) is 17.5 Å². The predicted octanol–water partition coefficient (Wildman–Crippen LogP) is 3.39. The minimum atomic E-state index is -3.96. The van der Waals surface area contributed by atoms with E-state index >= 15 is 0 Å². The van der Waals surface area contributed by atoms with Gasteiger partial charge in [-0.05, 0) is 105 Å². The molecule has 3 aromatic rings. The third-order valence-corrected chi connectivity index (χ3v) is 8.92. The standard InChI is InChI=1S/C42H57N7O7/c1-27-20-33(50)21-28(2)34(27)23-32(25-38(52)36(17-11-19-47-41(45)46)49-42(55)56-26-30-14-7-4-8-15-30)40(54)48-35(16-9-10-18-43)37(51)24-31(39(44)53)22-29-12-5-3-6-13-29/h3-8,12-15,20-21,31-32,35-36,50H,9-11,16-19,22-26,43H2,1-2H3,(H2,44,53)(H,48,54)(H,49,55)(H4,45,46,47)/t31-,32-,35+,36-/m1/s1/i9D2,10D2,16D2,18D2. The molecule has 56 heavy (non-hydrogen) atoms. The molecule has 3 rings (SSSR count). The molecule has 0 fully saturated rings. The highest BCUT2D eigenvalue weighted by atomic mass is 16.5. The van der Waals surface area contributed by atoms with Gasteiger partial charge in [0.1, 0.15) is 12.4 Å². The number of hydrogen-bond donors (Lipinski definition) is 7. The molecule has 0 saturated heterocycles. The van der Waals surface area contributed by atoms with Crippen molar-refractivity contribution >= 4 is 35.4 Å². The van der Waals surface area contributed by atoms with Gasteiger partial charge in [-0.3, -0.25) is 24.2 Å². The number of benzene rings is 3. The summed E-state index contributed by atoms with van der Waals surface area (Å²) in [7, 11) is 0. The Labute approximate surface area is 340 Å². The highest BCUT2D eigenvalue weighted by molar-refractivity contribution is 5.95. The summed E-state index contributed by atoms with van der Waals surface area (Å²) >= 11 is 0. The number of phenolic OH excluding ortho intramolecular Hbond substituents is 1. The number of Topliss-reactive ketones (excluding diaryl/α,β-unsaturated/α-hetero) is 2. The lowest BCUT2D eigenvalue weighted by Gasteiger charge is -2.25. The van der Waals surface area contributed by atoms with Gasteiger partial charge in [-0.25, -0.2) is 4.79 Å². The summed E-state index contributed by atoms with van der Waals surface area (Å²) in [6, 6.07) is 15.8. The number of hydrogen-bond acceptors (Lipinski definition) is 9. The first-order valence-corrected chi connectivity index (χ1v) is 18.0. The van der Waals surface area contributed by atoms with Crippen LogP contribution in [-0.2, 0) is 43.4 Å². The molecule has 3 amide bonds. The fourth-order valence-corrected chi connectivity index (χ4v) is 6.04. The van der Waals surface area contributed by atoms with E-state index < -0.39 is 91.9 Å². The normalized spacial score (nSPS) is 16.2. The Bertz CT molecular complexity index is 2120. The number of ether oxygens (including phenoxy) is 1. The van der Waals surface area contributed by atoms with Crippen LogP contribution in [0.3, 0.4) is 0 Å². The minimum absolute atomic E-state index is 0.0499. The summed E-state index contributed by atoms with van der Waals surface area (Å²) in [5.74, 6) is -7.44. The van der Waals surface area contributed by atoms with Crippen LogP contribution in [0.25, 0.3) is 0 Å². The number of nitrogens with one attached hydrogen (secondary N) is 2. The van der Waals surface area contributed by atoms with Crippen LogP contribution in [0.5, 0.6) is 5.75 Å². The Kier molecular flexibility index (Phi) is 13.9. The molecule has 0 bridgehead atoms. The van der Waals surface area contributed by atoms with Crippen molar-refractivity contribution in [1.82, 2.24) is 10.6 Å². The zero-order valence-electron chi connectivity index (χ0n) is 39.5. The number of ketones is 2. The molecule has 0 aliphatic rings. The third kappa shape index (κ3) is 15.5. The molecule has 3 aromatic carbocycles. The number of amides is 3. The summed E-state index contributed by atoms with van der Waals surface area (Å²) in [5.41, 5.74) is 24.6. The smallest absolute Gasteiger partial charge is 0.408 e. The fourth-order valence-electron chi connectivity index (χ4n) is 6.04. The van der Waals surface area contributed by atoms with Crippen LogP contribution in [0, 0.1) is 25.7 Å². The fraction of sp³-hybridized carbons (Fsp3) is 0.429. The zero-order chi connectivity index (χ0) is 48.2. The summed E-state index contributed by atoms with van der Waals surface area (Å²) in [6.45, 7) is -0.390. The SMILES string of the molecule is [2H]C([2H])(N)C([2H])([2H])C([2H])([2H])C([2H])([2H])[C@H](NC(=O)[C@@H](CC(=O)[C@@H](CCCN=C(N)N)NC(=O)OCc1ccccc1)Cc1c(C)cc(O)cc1C)C(=O)C[C@@H](Cc1ccccc1)C(N)=O. The van der Waals surface area contributed by atoms with Crippen LogP contribution in [0.2, 0.25) is 0 Å². The van der Waals surface area contributed by atoms with E-state index in [9.17, 15) is 29.1 Å².